The zero-order chi connectivity index (χ0) is 18.8. The third-order valence-corrected chi connectivity index (χ3v) is 5.67. The van der Waals surface area contributed by atoms with Crippen LogP contribution in [0.25, 0.3) is 0 Å². The Hall–Kier alpha value is -1.47. The van der Waals surface area contributed by atoms with E-state index in [0.29, 0.717) is 27.0 Å². The highest BCUT2D eigenvalue weighted by Crippen LogP contribution is 2.28. The second kappa shape index (κ2) is 7.83. The number of nitrogens with zero attached hydrogens (tertiary/aromatic N) is 1. The van der Waals surface area contributed by atoms with Crippen LogP contribution in [0, 0.1) is 6.92 Å². The van der Waals surface area contributed by atoms with Crippen LogP contribution in [0.3, 0.4) is 0 Å². The summed E-state index contributed by atoms with van der Waals surface area (Å²) >= 11 is 17.8. The molecule has 2 aromatic rings. The molecule has 1 amide bonds. The van der Waals surface area contributed by atoms with E-state index in [4.69, 9.17) is 34.8 Å². The molecule has 0 aliphatic heterocycles. The largest absolute Gasteiger partial charge is 0.324 e. The highest BCUT2D eigenvalue weighted by Gasteiger charge is 2.23. The van der Waals surface area contributed by atoms with Gasteiger partial charge in [-0.2, -0.15) is 0 Å². The smallest absolute Gasteiger partial charge is 0.245 e. The van der Waals surface area contributed by atoms with E-state index in [9.17, 15) is 13.2 Å². The van der Waals surface area contributed by atoms with Crippen molar-refractivity contribution in [2.75, 3.05) is 22.4 Å². The molecule has 2 rings (SSSR count). The Morgan fingerprint density at radius 3 is 2.36 bits per heavy atom. The summed E-state index contributed by atoms with van der Waals surface area (Å²) in [6.07, 6.45) is 1.03. The van der Waals surface area contributed by atoms with Gasteiger partial charge in [0, 0.05) is 10.7 Å². The van der Waals surface area contributed by atoms with Gasteiger partial charge in [0.15, 0.2) is 0 Å². The fourth-order valence-electron chi connectivity index (χ4n) is 2.15. The number of sulfonamides is 1. The SMILES string of the molecule is Cc1c(Cl)cccc1N(CC(=O)Nc1ccc(Cl)c(Cl)c1)S(C)(=O)=O. The van der Waals surface area contributed by atoms with Crippen molar-refractivity contribution in [3.63, 3.8) is 0 Å². The summed E-state index contributed by atoms with van der Waals surface area (Å²) in [5.41, 5.74) is 1.33. The monoisotopic (exact) mass is 420 g/mol. The van der Waals surface area contributed by atoms with Crippen molar-refractivity contribution in [3.05, 3.63) is 57.0 Å². The summed E-state index contributed by atoms with van der Waals surface area (Å²) in [5, 5.41) is 3.64. The molecule has 0 unspecified atom stereocenters. The average molecular weight is 422 g/mol. The van der Waals surface area contributed by atoms with Crippen LogP contribution < -0.4 is 9.62 Å². The number of carbonyl (C=O) groups excluding carboxylic acids is 1. The zero-order valence-corrected chi connectivity index (χ0v) is 16.5. The molecule has 1 N–H and O–H groups in total. The molecular weight excluding hydrogens is 407 g/mol. The second-order valence-corrected chi connectivity index (χ2v) is 8.46. The minimum absolute atomic E-state index is 0.283. The van der Waals surface area contributed by atoms with Crippen LogP contribution in [0.2, 0.25) is 15.1 Å². The van der Waals surface area contributed by atoms with Crippen molar-refractivity contribution in [1.29, 1.82) is 0 Å². The Bertz CT molecular complexity index is 917. The van der Waals surface area contributed by atoms with Crippen molar-refractivity contribution in [2.24, 2.45) is 0 Å². The third-order valence-electron chi connectivity index (χ3n) is 3.40. The maximum Gasteiger partial charge on any atom is 0.245 e. The Balaban J connectivity index is 2.27. The first kappa shape index (κ1) is 19.8. The first-order chi connectivity index (χ1) is 11.6. The molecule has 2 aromatic carbocycles. The van der Waals surface area contributed by atoms with Crippen LogP contribution in [0.4, 0.5) is 11.4 Å². The molecule has 0 fully saturated rings. The minimum Gasteiger partial charge on any atom is -0.324 e. The summed E-state index contributed by atoms with van der Waals surface area (Å²) in [7, 11) is -3.69. The molecule has 0 saturated carbocycles. The number of halogens is 3. The van der Waals surface area contributed by atoms with E-state index in [1.54, 1.807) is 31.2 Å². The topological polar surface area (TPSA) is 66.5 Å². The molecule has 0 aliphatic carbocycles. The summed E-state index contributed by atoms with van der Waals surface area (Å²) in [5.74, 6) is -0.525. The lowest BCUT2D eigenvalue weighted by molar-refractivity contribution is -0.114. The lowest BCUT2D eigenvalue weighted by Crippen LogP contribution is -2.37. The van der Waals surface area contributed by atoms with Gasteiger partial charge in [-0.15, -0.1) is 0 Å². The number of amides is 1. The van der Waals surface area contributed by atoms with Crippen molar-refractivity contribution < 1.29 is 13.2 Å². The predicted octanol–water partition coefficient (Wildman–Crippen LogP) is 4.36. The van der Waals surface area contributed by atoms with Crippen LogP contribution in [0.5, 0.6) is 0 Å². The van der Waals surface area contributed by atoms with Crippen molar-refractivity contribution in [2.45, 2.75) is 6.92 Å². The lowest BCUT2D eigenvalue weighted by atomic mass is 10.2. The third kappa shape index (κ3) is 5.01. The van der Waals surface area contributed by atoms with Crippen LogP contribution in [0.1, 0.15) is 5.56 Å². The molecule has 0 aliphatic rings. The van der Waals surface area contributed by atoms with Crippen LogP contribution in [0.15, 0.2) is 36.4 Å². The number of anilines is 2. The van der Waals surface area contributed by atoms with Crippen molar-refractivity contribution in [3.8, 4) is 0 Å². The molecule has 0 radical (unpaired) electrons. The zero-order valence-electron chi connectivity index (χ0n) is 13.4. The number of rotatable bonds is 5. The molecule has 0 saturated heterocycles. The molecule has 25 heavy (non-hydrogen) atoms. The number of benzene rings is 2. The first-order valence-electron chi connectivity index (χ1n) is 7.07. The minimum atomic E-state index is -3.69. The van der Waals surface area contributed by atoms with E-state index in [2.05, 4.69) is 5.32 Å². The number of hydrogen-bond donors (Lipinski definition) is 1. The fourth-order valence-corrected chi connectivity index (χ4v) is 3.53. The van der Waals surface area contributed by atoms with E-state index < -0.39 is 22.5 Å². The highest BCUT2D eigenvalue weighted by atomic mass is 35.5. The van der Waals surface area contributed by atoms with Gasteiger partial charge in [-0.25, -0.2) is 8.42 Å². The number of hydrogen-bond acceptors (Lipinski definition) is 3. The van der Waals surface area contributed by atoms with Crippen LogP contribution >= 0.6 is 34.8 Å². The quantitative estimate of drug-likeness (QED) is 0.780. The Kier molecular flexibility index (Phi) is 6.21. The van der Waals surface area contributed by atoms with Crippen LogP contribution in [-0.2, 0) is 14.8 Å². The van der Waals surface area contributed by atoms with Gasteiger partial charge < -0.3 is 5.32 Å². The van der Waals surface area contributed by atoms with Crippen molar-refractivity contribution in [1.82, 2.24) is 0 Å². The molecular formula is C16H15Cl3N2O3S. The maximum absolute atomic E-state index is 12.3. The maximum atomic E-state index is 12.3. The van der Waals surface area contributed by atoms with Gasteiger partial charge in [0.25, 0.3) is 0 Å². The fraction of sp³-hybridized carbons (Fsp3) is 0.188. The van der Waals surface area contributed by atoms with Gasteiger partial charge in [-0.05, 0) is 42.8 Å². The predicted molar refractivity (Wildman–Crippen MR) is 103 cm³/mol. The molecule has 134 valence electrons. The molecule has 0 bridgehead atoms. The normalized spacial score (nSPS) is 11.2. The number of nitrogens with one attached hydrogen (secondary N) is 1. The highest BCUT2D eigenvalue weighted by molar-refractivity contribution is 7.92. The standard InChI is InChI=1S/C16H15Cl3N2O3S/c1-10-12(17)4-3-5-15(10)21(25(2,23)24)9-16(22)20-11-6-7-13(18)14(19)8-11/h3-8H,9H2,1-2H3,(H,20,22). The van der Waals surface area contributed by atoms with Gasteiger partial charge in [0.05, 0.1) is 22.0 Å². The van der Waals surface area contributed by atoms with Gasteiger partial charge >= 0.3 is 0 Å². The molecule has 5 nitrogen and oxygen atoms in total. The van der Waals surface area contributed by atoms with E-state index >= 15 is 0 Å². The molecule has 0 atom stereocenters. The van der Waals surface area contributed by atoms with Crippen LogP contribution in [-0.4, -0.2) is 27.1 Å². The summed E-state index contributed by atoms with van der Waals surface area (Å²) in [6.45, 7) is 1.28. The van der Waals surface area contributed by atoms with Gasteiger partial charge in [-0.3, -0.25) is 9.10 Å². The summed E-state index contributed by atoms with van der Waals surface area (Å²) in [4.78, 5) is 12.3. The average Bonchev–Trinajstić information content (AvgIpc) is 2.51. The van der Waals surface area contributed by atoms with Gasteiger partial charge in [0.1, 0.15) is 6.54 Å². The van der Waals surface area contributed by atoms with E-state index in [1.807, 2.05) is 0 Å². The molecule has 0 spiro atoms. The van der Waals surface area contributed by atoms with E-state index in [0.717, 1.165) is 10.6 Å². The van der Waals surface area contributed by atoms with Gasteiger partial charge in [-0.1, -0.05) is 40.9 Å². The first-order valence-corrected chi connectivity index (χ1v) is 10.1. The summed E-state index contributed by atoms with van der Waals surface area (Å²) in [6, 6.07) is 9.46. The molecule has 9 heteroatoms. The Morgan fingerprint density at radius 2 is 1.76 bits per heavy atom. The van der Waals surface area contributed by atoms with Crippen molar-refractivity contribution >= 4 is 62.1 Å². The van der Waals surface area contributed by atoms with E-state index in [-0.39, 0.29) is 5.02 Å². The molecule has 0 heterocycles. The second-order valence-electron chi connectivity index (χ2n) is 5.33. The Morgan fingerprint density at radius 1 is 1.08 bits per heavy atom. The number of carbonyl (C=O) groups is 1. The summed E-state index contributed by atoms with van der Waals surface area (Å²) < 4.78 is 25.3. The Labute approximate surface area is 161 Å². The molecule has 0 aromatic heterocycles. The van der Waals surface area contributed by atoms with E-state index in [1.165, 1.54) is 12.1 Å². The lowest BCUT2D eigenvalue weighted by Gasteiger charge is -2.24. The van der Waals surface area contributed by atoms with Gasteiger partial charge in [0.2, 0.25) is 15.9 Å².